The fourth-order valence-electron chi connectivity index (χ4n) is 1.45. The van der Waals surface area contributed by atoms with E-state index in [0.717, 1.165) is 5.56 Å². The Bertz CT molecular complexity index is 378. The van der Waals surface area contributed by atoms with Crippen LogP contribution >= 0.6 is 0 Å². The van der Waals surface area contributed by atoms with Crippen molar-refractivity contribution in [2.45, 2.75) is 26.2 Å². The maximum absolute atomic E-state index is 11.3. The molecule has 0 heterocycles. The summed E-state index contributed by atoms with van der Waals surface area (Å²) >= 11 is 0. The van der Waals surface area contributed by atoms with Crippen LogP contribution in [0.4, 0.5) is 5.69 Å². The number of hydrogen-bond donors (Lipinski definition) is 1. The third-order valence-electron chi connectivity index (χ3n) is 2.28. The van der Waals surface area contributed by atoms with Gasteiger partial charge in [0.2, 0.25) is 0 Å². The first kappa shape index (κ1) is 11.6. The Morgan fingerprint density at radius 1 is 1.33 bits per heavy atom. The zero-order valence-electron chi connectivity index (χ0n) is 9.63. The normalized spacial score (nSPS) is 11.2. The van der Waals surface area contributed by atoms with Crippen LogP contribution in [0, 0.1) is 0 Å². The number of hydrogen-bond acceptors (Lipinski definition) is 3. The lowest BCUT2D eigenvalue weighted by Gasteiger charge is -2.21. The lowest BCUT2D eigenvalue weighted by Crippen LogP contribution is -2.15. The van der Waals surface area contributed by atoms with Crippen LogP contribution in [0.15, 0.2) is 18.2 Å². The summed E-state index contributed by atoms with van der Waals surface area (Å²) in [5.41, 5.74) is 8.00. The van der Waals surface area contributed by atoms with Gasteiger partial charge in [-0.15, -0.1) is 0 Å². The number of ether oxygens (including phenoxy) is 1. The Balaban J connectivity index is 3.23. The molecule has 0 aromatic heterocycles. The first-order valence-electron chi connectivity index (χ1n) is 4.84. The molecule has 0 aliphatic rings. The minimum Gasteiger partial charge on any atom is -0.465 e. The first-order valence-corrected chi connectivity index (χ1v) is 4.84. The standard InChI is InChI=1S/C12H17NO2/c1-12(2,3)9-7-8(11(14)15-4)5-6-10(9)13/h5-7H,13H2,1-4H3. The van der Waals surface area contributed by atoms with Crippen molar-refractivity contribution in [1.82, 2.24) is 0 Å². The molecular weight excluding hydrogens is 190 g/mol. The monoisotopic (exact) mass is 207 g/mol. The second-order valence-corrected chi connectivity index (χ2v) is 4.54. The molecule has 15 heavy (non-hydrogen) atoms. The van der Waals surface area contributed by atoms with Crippen LogP contribution in [0.2, 0.25) is 0 Å². The first-order chi connectivity index (χ1) is 6.86. The fraction of sp³-hybridized carbons (Fsp3) is 0.417. The summed E-state index contributed by atoms with van der Waals surface area (Å²) in [5, 5.41) is 0. The molecule has 2 N–H and O–H groups in total. The quantitative estimate of drug-likeness (QED) is 0.568. The summed E-state index contributed by atoms with van der Waals surface area (Å²) < 4.78 is 4.66. The van der Waals surface area contributed by atoms with Crippen LogP contribution in [0.5, 0.6) is 0 Å². The highest BCUT2D eigenvalue weighted by atomic mass is 16.5. The molecule has 0 saturated carbocycles. The zero-order valence-corrected chi connectivity index (χ0v) is 9.63. The molecular formula is C12H17NO2. The van der Waals surface area contributed by atoms with Gasteiger partial charge in [-0.2, -0.15) is 0 Å². The van der Waals surface area contributed by atoms with E-state index in [-0.39, 0.29) is 11.4 Å². The number of carbonyl (C=O) groups is 1. The molecule has 0 amide bonds. The van der Waals surface area contributed by atoms with Gasteiger partial charge in [0.25, 0.3) is 0 Å². The topological polar surface area (TPSA) is 52.3 Å². The average molecular weight is 207 g/mol. The van der Waals surface area contributed by atoms with Crippen molar-refractivity contribution in [1.29, 1.82) is 0 Å². The molecule has 3 heteroatoms. The van der Waals surface area contributed by atoms with Gasteiger partial charge in [-0.1, -0.05) is 20.8 Å². The Morgan fingerprint density at radius 3 is 2.40 bits per heavy atom. The second-order valence-electron chi connectivity index (χ2n) is 4.54. The maximum atomic E-state index is 11.3. The van der Waals surface area contributed by atoms with Crippen molar-refractivity contribution in [3.05, 3.63) is 29.3 Å². The number of methoxy groups -OCH3 is 1. The van der Waals surface area contributed by atoms with E-state index in [0.29, 0.717) is 11.3 Å². The van der Waals surface area contributed by atoms with Crippen LogP contribution in [0.3, 0.4) is 0 Å². The predicted octanol–water partition coefficient (Wildman–Crippen LogP) is 2.35. The molecule has 1 aromatic carbocycles. The summed E-state index contributed by atoms with van der Waals surface area (Å²) in [6, 6.07) is 5.21. The molecule has 0 spiro atoms. The van der Waals surface area contributed by atoms with E-state index < -0.39 is 0 Å². The van der Waals surface area contributed by atoms with Crippen molar-refractivity contribution in [2.75, 3.05) is 12.8 Å². The highest BCUT2D eigenvalue weighted by molar-refractivity contribution is 5.90. The second kappa shape index (κ2) is 3.93. The largest absolute Gasteiger partial charge is 0.465 e. The third-order valence-corrected chi connectivity index (χ3v) is 2.28. The Hall–Kier alpha value is -1.51. The van der Waals surface area contributed by atoms with E-state index in [1.807, 2.05) is 0 Å². The Kier molecular flexibility index (Phi) is 3.03. The smallest absolute Gasteiger partial charge is 0.337 e. The van der Waals surface area contributed by atoms with Crippen LogP contribution in [-0.4, -0.2) is 13.1 Å². The van der Waals surface area contributed by atoms with Crippen LogP contribution in [0.25, 0.3) is 0 Å². The SMILES string of the molecule is COC(=O)c1ccc(N)c(C(C)(C)C)c1. The lowest BCUT2D eigenvalue weighted by molar-refractivity contribution is 0.0600. The van der Waals surface area contributed by atoms with E-state index in [1.54, 1.807) is 18.2 Å². The van der Waals surface area contributed by atoms with Gasteiger partial charge in [0, 0.05) is 5.69 Å². The van der Waals surface area contributed by atoms with Gasteiger partial charge in [-0.3, -0.25) is 0 Å². The lowest BCUT2D eigenvalue weighted by atomic mass is 9.85. The molecule has 0 aliphatic carbocycles. The fourth-order valence-corrected chi connectivity index (χ4v) is 1.45. The molecule has 82 valence electrons. The minimum absolute atomic E-state index is 0.0753. The predicted molar refractivity (Wildman–Crippen MR) is 60.9 cm³/mol. The number of esters is 1. The van der Waals surface area contributed by atoms with Crippen LogP contribution in [0.1, 0.15) is 36.7 Å². The van der Waals surface area contributed by atoms with E-state index in [4.69, 9.17) is 5.73 Å². The van der Waals surface area contributed by atoms with E-state index in [2.05, 4.69) is 25.5 Å². The summed E-state index contributed by atoms with van der Waals surface area (Å²) in [5.74, 6) is -0.333. The van der Waals surface area contributed by atoms with Gasteiger partial charge in [0.1, 0.15) is 0 Å². The van der Waals surface area contributed by atoms with E-state index in [1.165, 1.54) is 7.11 Å². The summed E-state index contributed by atoms with van der Waals surface area (Å²) in [4.78, 5) is 11.3. The van der Waals surface area contributed by atoms with Gasteiger partial charge in [0.15, 0.2) is 0 Å². The van der Waals surface area contributed by atoms with E-state index >= 15 is 0 Å². The van der Waals surface area contributed by atoms with Gasteiger partial charge < -0.3 is 10.5 Å². The summed E-state index contributed by atoms with van der Waals surface area (Å²) in [6.45, 7) is 6.17. The highest BCUT2D eigenvalue weighted by Crippen LogP contribution is 2.28. The number of nitrogens with two attached hydrogens (primary N) is 1. The van der Waals surface area contributed by atoms with Gasteiger partial charge >= 0.3 is 5.97 Å². The van der Waals surface area contributed by atoms with Crippen molar-refractivity contribution in [3.8, 4) is 0 Å². The minimum atomic E-state index is -0.333. The third kappa shape index (κ3) is 2.49. The number of anilines is 1. The number of benzene rings is 1. The van der Waals surface area contributed by atoms with Crippen LogP contribution < -0.4 is 5.73 Å². The highest BCUT2D eigenvalue weighted by Gasteiger charge is 2.18. The molecule has 0 atom stereocenters. The van der Waals surface area contributed by atoms with E-state index in [9.17, 15) is 4.79 Å². The molecule has 0 bridgehead atoms. The van der Waals surface area contributed by atoms with Crippen LogP contribution in [-0.2, 0) is 10.2 Å². The van der Waals surface area contributed by atoms with Gasteiger partial charge in [0.05, 0.1) is 12.7 Å². The Labute approximate surface area is 90.2 Å². The molecule has 0 fully saturated rings. The molecule has 0 unspecified atom stereocenters. The zero-order chi connectivity index (χ0) is 11.6. The average Bonchev–Trinajstić information content (AvgIpc) is 2.15. The number of nitrogen functional groups attached to an aromatic ring is 1. The molecule has 1 rings (SSSR count). The molecule has 3 nitrogen and oxygen atoms in total. The molecule has 0 radical (unpaired) electrons. The van der Waals surface area contributed by atoms with Crippen molar-refractivity contribution in [3.63, 3.8) is 0 Å². The van der Waals surface area contributed by atoms with Crippen molar-refractivity contribution in [2.24, 2.45) is 0 Å². The number of carbonyl (C=O) groups excluding carboxylic acids is 1. The van der Waals surface area contributed by atoms with Crippen molar-refractivity contribution >= 4 is 11.7 Å². The molecule has 1 aromatic rings. The van der Waals surface area contributed by atoms with Gasteiger partial charge in [-0.25, -0.2) is 4.79 Å². The van der Waals surface area contributed by atoms with Crippen molar-refractivity contribution < 1.29 is 9.53 Å². The maximum Gasteiger partial charge on any atom is 0.337 e. The number of rotatable bonds is 1. The summed E-state index contributed by atoms with van der Waals surface area (Å²) in [7, 11) is 1.37. The molecule has 0 aliphatic heterocycles. The molecule has 0 saturated heterocycles. The summed E-state index contributed by atoms with van der Waals surface area (Å²) in [6.07, 6.45) is 0. The van der Waals surface area contributed by atoms with Gasteiger partial charge in [-0.05, 0) is 29.2 Å². The Morgan fingerprint density at radius 2 is 1.93 bits per heavy atom.